The van der Waals surface area contributed by atoms with Gasteiger partial charge in [0.1, 0.15) is 0 Å². The summed E-state index contributed by atoms with van der Waals surface area (Å²) in [6, 6.07) is 0. The normalized spacial score (nSPS) is 11.4. The van der Waals surface area contributed by atoms with Gasteiger partial charge in [-0.3, -0.25) is 0 Å². The van der Waals surface area contributed by atoms with Gasteiger partial charge in [0.2, 0.25) is 0 Å². The Kier molecular flexibility index (Phi) is 3.55. The highest BCUT2D eigenvalue weighted by molar-refractivity contribution is 4.64. The Morgan fingerprint density at radius 2 is 1.89 bits per heavy atom. The Morgan fingerprint density at radius 1 is 1.33 bits per heavy atom. The van der Waals surface area contributed by atoms with Crippen LogP contribution >= 0.6 is 0 Å². The summed E-state index contributed by atoms with van der Waals surface area (Å²) in [5.74, 6) is 0. The fourth-order valence-corrected chi connectivity index (χ4v) is 0.710. The second-order valence-corrected chi connectivity index (χ2v) is 3.44. The molecule has 0 unspecified atom stereocenters. The fraction of sp³-hybridized carbons (Fsp3) is 0.750. The molecule has 1 heteroatoms. The van der Waals surface area contributed by atoms with Gasteiger partial charge in [-0.1, -0.05) is 6.08 Å². The maximum atomic E-state index is 3.67. The molecule has 0 amide bonds. The summed E-state index contributed by atoms with van der Waals surface area (Å²) in [7, 11) is 6.63. The van der Waals surface area contributed by atoms with Crippen LogP contribution in [0.5, 0.6) is 0 Å². The summed E-state index contributed by atoms with van der Waals surface area (Å²) in [6.45, 7) is 4.92. The van der Waals surface area contributed by atoms with Crippen molar-refractivity contribution in [3.63, 3.8) is 0 Å². The smallest absolute Gasteiger partial charge is 0.0783 e. The van der Waals surface area contributed by atoms with Crippen LogP contribution in [0, 0.1) is 0 Å². The third-order valence-electron chi connectivity index (χ3n) is 1.24. The van der Waals surface area contributed by atoms with Crippen LogP contribution in [0.2, 0.25) is 0 Å². The van der Waals surface area contributed by atoms with Crippen LogP contribution < -0.4 is 0 Å². The molecule has 0 aliphatic carbocycles. The van der Waals surface area contributed by atoms with Crippen LogP contribution in [0.3, 0.4) is 0 Å². The Labute approximate surface area is 58.6 Å². The molecule has 0 N–H and O–H groups in total. The molecular formula is C8H18N+. The molecule has 0 rings (SSSR count). The van der Waals surface area contributed by atoms with Gasteiger partial charge in [-0.15, -0.1) is 6.58 Å². The molecule has 0 saturated heterocycles. The lowest BCUT2D eigenvalue weighted by molar-refractivity contribution is -0.870. The summed E-state index contributed by atoms with van der Waals surface area (Å²) in [6.07, 6.45) is 4.39. The minimum Gasteiger partial charge on any atom is -0.331 e. The van der Waals surface area contributed by atoms with Crippen molar-refractivity contribution in [3.05, 3.63) is 12.7 Å². The minimum atomic E-state index is 1.06. The Balaban J connectivity index is 3.17. The number of nitrogens with zero attached hydrogens (tertiary/aromatic N) is 1. The molecule has 0 atom stereocenters. The summed E-state index contributed by atoms with van der Waals surface area (Å²) in [4.78, 5) is 0. The fourth-order valence-electron chi connectivity index (χ4n) is 0.710. The third-order valence-corrected chi connectivity index (χ3v) is 1.24. The minimum absolute atomic E-state index is 1.06. The zero-order valence-electron chi connectivity index (χ0n) is 6.85. The van der Waals surface area contributed by atoms with Crippen molar-refractivity contribution in [2.75, 3.05) is 27.7 Å². The first-order chi connectivity index (χ1) is 4.06. The lowest BCUT2D eigenvalue weighted by Crippen LogP contribution is -2.35. The van der Waals surface area contributed by atoms with Crippen LogP contribution in [-0.4, -0.2) is 32.2 Å². The molecule has 1 nitrogen and oxygen atoms in total. The van der Waals surface area contributed by atoms with E-state index in [2.05, 4.69) is 27.7 Å². The topological polar surface area (TPSA) is 0 Å². The number of allylic oxidation sites excluding steroid dienone is 1. The van der Waals surface area contributed by atoms with Crippen molar-refractivity contribution in [2.24, 2.45) is 0 Å². The molecule has 54 valence electrons. The average molecular weight is 128 g/mol. The Morgan fingerprint density at radius 3 is 2.22 bits per heavy atom. The highest BCUT2D eigenvalue weighted by Gasteiger charge is 2.03. The summed E-state index contributed by atoms with van der Waals surface area (Å²) in [5, 5.41) is 0. The maximum absolute atomic E-state index is 3.67. The highest BCUT2D eigenvalue weighted by Crippen LogP contribution is 1.96. The summed E-state index contributed by atoms with van der Waals surface area (Å²) in [5.41, 5.74) is 0. The molecule has 0 bridgehead atoms. The van der Waals surface area contributed by atoms with Gasteiger partial charge >= 0.3 is 0 Å². The number of quaternary nitrogens is 1. The number of hydrogen-bond donors (Lipinski definition) is 0. The average Bonchev–Trinajstić information content (AvgIpc) is 1.63. The first-order valence-corrected chi connectivity index (χ1v) is 3.47. The van der Waals surface area contributed by atoms with Crippen LogP contribution in [0.25, 0.3) is 0 Å². The molecule has 0 fully saturated rings. The van der Waals surface area contributed by atoms with Crippen LogP contribution in [-0.2, 0) is 0 Å². The van der Waals surface area contributed by atoms with Crippen molar-refractivity contribution < 1.29 is 4.48 Å². The van der Waals surface area contributed by atoms with Gasteiger partial charge in [0.15, 0.2) is 0 Å². The van der Waals surface area contributed by atoms with Crippen LogP contribution in [0.4, 0.5) is 0 Å². The Bertz CT molecular complexity index is 79.1. The van der Waals surface area contributed by atoms with Gasteiger partial charge in [-0.05, 0) is 12.8 Å². The first kappa shape index (κ1) is 8.70. The second kappa shape index (κ2) is 3.67. The molecule has 0 heterocycles. The van der Waals surface area contributed by atoms with E-state index in [0.29, 0.717) is 0 Å². The van der Waals surface area contributed by atoms with E-state index in [1.54, 1.807) is 0 Å². The number of hydrogen-bond acceptors (Lipinski definition) is 0. The monoisotopic (exact) mass is 128 g/mol. The SMILES string of the molecule is C=CCCC[N+](C)(C)C. The van der Waals surface area contributed by atoms with E-state index in [-0.39, 0.29) is 0 Å². The Hall–Kier alpha value is -0.300. The van der Waals surface area contributed by atoms with Crippen molar-refractivity contribution in [3.8, 4) is 0 Å². The molecule has 0 aromatic heterocycles. The molecule has 9 heavy (non-hydrogen) atoms. The first-order valence-electron chi connectivity index (χ1n) is 3.47. The van der Waals surface area contributed by atoms with Crippen molar-refractivity contribution in [1.29, 1.82) is 0 Å². The van der Waals surface area contributed by atoms with Crippen LogP contribution in [0.1, 0.15) is 12.8 Å². The largest absolute Gasteiger partial charge is 0.331 e. The molecule has 0 aliphatic heterocycles. The van der Waals surface area contributed by atoms with Gasteiger partial charge in [-0.2, -0.15) is 0 Å². The molecule has 0 spiro atoms. The van der Waals surface area contributed by atoms with Gasteiger partial charge in [0, 0.05) is 0 Å². The highest BCUT2D eigenvalue weighted by atomic mass is 15.3. The second-order valence-electron chi connectivity index (χ2n) is 3.44. The van der Waals surface area contributed by atoms with Gasteiger partial charge in [0.05, 0.1) is 27.7 Å². The molecule has 0 aromatic carbocycles. The van der Waals surface area contributed by atoms with Gasteiger partial charge in [-0.25, -0.2) is 0 Å². The molecular weight excluding hydrogens is 110 g/mol. The summed E-state index contributed by atoms with van der Waals surface area (Å²) < 4.78 is 1.06. The van der Waals surface area contributed by atoms with E-state index in [9.17, 15) is 0 Å². The molecule has 0 radical (unpaired) electrons. The quantitative estimate of drug-likeness (QED) is 0.307. The van der Waals surface area contributed by atoms with Crippen molar-refractivity contribution >= 4 is 0 Å². The third kappa shape index (κ3) is 7.70. The van der Waals surface area contributed by atoms with Crippen LogP contribution in [0.15, 0.2) is 12.7 Å². The van der Waals surface area contributed by atoms with E-state index in [0.717, 1.165) is 10.9 Å². The molecule has 0 aromatic rings. The van der Waals surface area contributed by atoms with Crippen molar-refractivity contribution in [2.45, 2.75) is 12.8 Å². The van der Waals surface area contributed by atoms with E-state index in [1.807, 2.05) is 6.08 Å². The zero-order chi connectivity index (χ0) is 7.33. The lowest BCUT2D eigenvalue weighted by Gasteiger charge is -2.23. The molecule has 0 aliphatic rings. The summed E-state index contributed by atoms with van der Waals surface area (Å²) >= 11 is 0. The van der Waals surface area contributed by atoms with E-state index in [1.165, 1.54) is 13.0 Å². The maximum Gasteiger partial charge on any atom is 0.0783 e. The standard InChI is InChI=1S/C8H18N/c1-5-6-7-8-9(2,3)4/h5H,1,6-8H2,2-4H3/q+1. The number of rotatable bonds is 4. The zero-order valence-corrected chi connectivity index (χ0v) is 6.85. The van der Waals surface area contributed by atoms with Gasteiger partial charge in [0.25, 0.3) is 0 Å². The lowest BCUT2D eigenvalue weighted by atomic mass is 10.3. The number of unbranched alkanes of at least 4 members (excludes halogenated alkanes) is 1. The van der Waals surface area contributed by atoms with E-state index >= 15 is 0 Å². The predicted molar refractivity (Wildman–Crippen MR) is 42.3 cm³/mol. The van der Waals surface area contributed by atoms with E-state index in [4.69, 9.17) is 0 Å². The van der Waals surface area contributed by atoms with Gasteiger partial charge < -0.3 is 4.48 Å². The molecule has 0 saturated carbocycles. The van der Waals surface area contributed by atoms with Crippen molar-refractivity contribution in [1.82, 2.24) is 0 Å². The van der Waals surface area contributed by atoms with E-state index < -0.39 is 0 Å². The predicted octanol–water partition coefficient (Wildman–Crippen LogP) is 1.66.